The third-order valence-electron chi connectivity index (χ3n) is 1.80. The van der Waals surface area contributed by atoms with Gasteiger partial charge < -0.3 is 4.74 Å². The summed E-state index contributed by atoms with van der Waals surface area (Å²) in [5, 5.41) is 8.84. The maximum atomic E-state index is 12.0. The second-order valence-electron chi connectivity index (χ2n) is 2.84. The van der Waals surface area contributed by atoms with E-state index in [1.807, 2.05) is 0 Å². The Morgan fingerprint density at radius 1 is 1.56 bits per heavy atom. The van der Waals surface area contributed by atoms with E-state index in [1.54, 1.807) is 6.07 Å². The molecule has 0 N–H and O–H groups in total. The lowest BCUT2D eigenvalue weighted by atomic mass is 10.0. The Morgan fingerprint density at radius 2 is 2.19 bits per heavy atom. The highest BCUT2D eigenvalue weighted by Gasteiger charge is 2.18. The molecule has 0 radical (unpaired) electrons. The van der Waals surface area contributed by atoms with Crippen molar-refractivity contribution in [3.8, 4) is 11.8 Å². The number of ketones is 1. The molecule has 0 saturated heterocycles. The number of halogens is 3. The smallest absolute Gasteiger partial charge is 0.387 e. The van der Waals surface area contributed by atoms with Gasteiger partial charge in [-0.1, -0.05) is 0 Å². The molecule has 0 saturated carbocycles. The molecule has 0 unspecified atom stereocenters. The topological polar surface area (TPSA) is 50.1 Å². The lowest BCUT2D eigenvalue weighted by Crippen LogP contribution is -2.07. The molecule has 0 bridgehead atoms. The summed E-state index contributed by atoms with van der Waals surface area (Å²) in [6, 6.07) is 4.28. The molecule has 0 fully saturated rings. The van der Waals surface area contributed by atoms with Crippen LogP contribution in [0, 0.1) is 11.3 Å². The van der Waals surface area contributed by atoms with Gasteiger partial charge in [0.2, 0.25) is 0 Å². The number of Topliss-reactive ketones (excluding diaryl/α,β-unsaturated/α-hetero) is 1. The normalized spacial score (nSPS) is 10.0. The molecule has 16 heavy (non-hydrogen) atoms. The van der Waals surface area contributed by atoms with Gasteiger partial charge in [0.1, 0.15) is 17.4 Å². The minimum atomic E-state index is -3.03. The fourth-order valence-corrected chi connectivity index (χ4v) is 1.82. The number of nitrogens with zero attached hydrogens (tertiary/aromatic N) is 1. The van der Waals surface area contributed by atoms with Crippen molar-refractivity contribution in [2.24, 2.45) is 0 Å². The molecule has 3 nitrogen and oxygen atoms in total. The van der Waals surface area contributed by atoms with Gasteiger partial charge in [-0.2, -0.15) is 14.0 Å². The van der Waals surface area contributed by atoms with Crippen molar-refractivity contribution >= 4 is 21.7 Å². The highest BCUT2D eigenvalue weighted by Crippen LogP contribution is 2.29. The molecule has 0 aliphatic carbocycles. The zero-order chi connectivity index (χ0) is 12.3. The quantitative estimate of drug-likeness (QED) is 0.804. The summed E-state index contributed by atoms with van der Waals surface area (Å²) in [7, 11) is 0. The Labute approximate surface area is 98.8 Å². The lowest BCUT2D eigenvalue weighted by molar-refractivity contribution is -0.0500. The van der Waals surface area contributed by atoms with E-state index >= 15 is 0 Å². The minimum Gasteiger partial charge on any atom is -0.433 e. The number of nitriles is 1. The molecule has 6 heteroatoms. The molecule has 0 atom stereocenters. The van der Waals surface area contributed by atoms with Crippen LogP contribution in [-0.4, -0.2) is 12.4 Å². The molecule has 0 spiro atoms. The van der Waals surface area contributed by atoms with Gasteiger partial charge in [-0.25, -0.2) is 0 Å². The zero-order valence-corrected chi connectivity index (χ0v) is 9.72. The molecular weight excluding hydrogens is 284 g/mol. The molecule has 0 amide bonds. The Kier molecular flexibility index (Phi) is 3.96. The van der Waals surface area contributed by atoms with Crippen LogP contribution in [0.15, 0.2) is 16.6 Å². The maximum Gasteiger partial charge on any atom is 0.387 e. The van der Waals surface area contributed by atoms with E-state index in [1.165, 1.54) is 19.1 Å². The van der Waals surface area contributed by atoms with Crippen LogP contribution in [0.4, 0.5) is 8.78 Å². The summed E-state index contributed by atoms with van der Waals surface area (Å²) in [6.07, 6.45) is 0. The van der Waals surface area contributed by atoms with Crippen LogP contribution in [0.1, 0.15) is 22.8 Å². The SMILES string of the molecule is CC(=O)c1c(Br)ccc(OC(F)F)c1C#N. The standard InChI is InChI=1S/C10H6BrF2NO2/c1-5(15)9-6(4-14)8(16-10(12)13)3-2-7(9)11/h2-3,10H,1H3. The van der Waals surface area contributed by atoms with Gasteiger partial charge in [-0.3, -0.25) is 4.79 Å². The van der Waals surface area contributed by atoms with Gasteiger partial charge in [-0.15, -0.1) is 0 Å². The van der Waals surface area contributed by atoms with Gasteiger partial charge in [0.15, 0.2) is 5.78 Å². The highest BCUT2D eigenvalue weighted by molar-refractivity contribution is 9.10. The van der Waals surface area contributed by atoms with Gasteiger partial charge in [-0.05, 0) is 35.0 Å². The summed E-state index contributed by atoms with van der Waals surface area (Å²) in [5.41, 5.74) is -0.150. The van der Waals surface area contributed by atoms with E-state index in [0.29, 0.717) is 4.47 Å². The van der Waals surface area contributed by atoms with Crippen molar-refractivity contribution in [3.05, 3.63) is 27.7 Å². The van der Waals surface area contributed by atoms with E-state index in [-0.39, 0.29) is 16.9 Å². The second kappa shape index (κ2) is 5.03. The summed E-state index contributed by atoms with van der Waals surface area (Å²) >= 11 is 3.07. The van der Waals surface area contributed by atoms with Crippen LogP contribution < -0.4 is 4.74 Å². The zero-order valence-electron chi connectivity index (χ0n) is 8.13. The number of hydrogen-bond acceptors (Lipinski definition) is 3. The Hall–Kier alpha value is -1.48. The van der Waals surface area contributed by atoms with Crippen LogP contribution in [0.5, 0.6) is 5.75 Å². The summed E-state index contributed by atoms with van der Waals surface area (Å²) < 4.78 is 28.6. The average molecular weight is 290 g/mol. The Balaban J connectivity index is 3.38. The van der Waals surface area contributed by atoms with Gasteiger partial charge in [0, 0.05) is 4.47 Å². The monoisotopic (exact) mass is 289 g/mol. The third-order valence-corrected chi connectivity index (χ3v) is 2.46. The highest BCUT2D eigenvalue weighted by atomic mass is 79.9. The summed E-state index contributed by atoms with van der Waals surface area (Å²) in [4.78, 5) is 11.3. The van der Waals surface area contributed by atoms with Gasteiger partial charge in [0.05, 0.1) is 5.56 Å². The number of carbonyl (C=O) groups excluding carboxylic acids is 1. The molecule has 84 valence electrons. The molecule has 0 aliphatic rings. The van der Waals surface area contributed by atoms with Gasteiger partial charge in [0.25, 0.3) is 0 Å². The predicted octanol–water partition coefficient (Wildman–Crippen LogP) is 3.12. The fraction of sp³-hybridized carbons (Fsp3) is 0.200. The Bertz CT molecular complexity index is 469. The lowest BCUT2D eigenvalue weighted by Gasteiger charge is -2.10. The first-order valence-electron chi connectivity index (χ1n) is 4.15. The number of carbonyl (C=O) groups is 1. The molecule has 0 heterocycles. The summed E-state index contributed by atoms with van der Waals surface area (Å²) in [6.45, 7) is -1.79. The molecule has 0 aliphatic heterocycles. The van der Waals surface area contributed by atoms with Crippen molar-refractivity contribution in [1.82, 2.24) is 0 Å². The van der Waals surface area contributed by atoms with E-state index in [4.69, 9.17) is 5.26 Å². The number of ether oxygens (including phenoxy) is 1. The maximum absolute atomic E-state index is 12.0. The third kappa shape index (κ3) is 2.55. The van der Waals surface area contributed by atoms with Crippen molar-refractivity contribution in [3.63, 3.8) is 0 Å². The summed E-state index contributed by atoms with van der Waals surface area (Å²) in [5.74, 6) is -0.700. The van der Waals surface area contributed by atoms with E-state index in [9.17, 15) is 13.6 Å². The largest absolute Gasteiger partial charge is 0.433 e. The molecule has 1 aromatic carbocycles. The van der Waals surface area contributed by atoms with E-state index in [2.05, 4.69) is 20.7 Å². The molecule has 0 aromatic heterocycles. The van der Waals surface area contributed by atoms with E-state index < -0.39 is 12.4 Å². The van der Waals surface area contributed by atoms with Crippen molar-refractivity contribution in [1.29, 1.82) is 5.26 Å². The minimum absolute atomic E-state index is 0.0423. The molecular formula is C10H6BrF2NO2. The number of benzene rings is 1. The number of hydrogen-bond donors (Lipinski definition) is 0. The first-order chi connectivity index (χ1) is 7.47. The number of alkyl halides is 2. The molecule has 1 rings (SSSR count). The van der Waals surface area contributed by atoms with Crippen molar-refractivity contribution in [2.75, 3.05) is 0 Å². The second-order valence-corrected chi connectivity index (χ2v) is 3.70. The first-order valence-corrected chi connectivity index (χ1v) is 4.95. The van der Waals surface area contributed by atoms with E-state index in [0.717, 1.165) is 0 Å². The average Bonchev–Trinajstić information content (AvgIpc) is 2.18. The fourth-order valence-electron chi connectivity index (χ4n) is 1.21. The van der Waals surface area contributed by atoms with Crippen LogP contribution in [0.2, 0.25) is 0 Å². The predicted molar refractivity (Wildman–Crippen MR) is 55.5 cm³/mol. The molecule has 1 aromatic rings. The number of rotatable bonds is 3. The van der Waals surface area contributed by atoms with Crippen molar-refractivity contribution < 1.29 is 18.3 Å². The van der Waals surface area contributed by atoms with Gasteiger partial charge >= 0.3 is 6.61 Å². The van der Waals surface area contributed by atoms with Crippen LogP contribution in [-0.2, 0) is 0 Å². The van der Waals surface area contributed by atoms with Crippen LogP contribution in [0.25, 0.3) is 0 Å². The van der Waals surface area contributed by atoms with Crippen LogP contribution in [0.3, 0.4) is 0 Å². The van der Waals surface area contributed by atoms with Crippen molar-refractivity contribution in [2.45, 2.75) is 13.5 Å². The first kappa shape index (κ1) is 12.6. The Morgan fingerprint density at radius 3 is 2.62 bits per heavy atom. The van der Waals surface area contributed by atoms with Crippen LogP contribution >= 0.6 is 15.9 Å².